The third-order valence-electron chi connectivity index (χ3n) is 1.61. The van der Waals surface area contributed by atoms with Gasteiger partial charge < -0.3 is 4.90 Å². The second-order valence-electron chi connectivity index (χ2n) is 2.34. The van der Waals surface area contributed by atoms with Crippen molar-refractivity contribution in [1.82, 2.24) is 4.90 Å². The molecule has 0 saturated carbocycles. The van der Waals surface area contributed by atoms with Crippen molar-refractivity contribution < 1.29 is 0 Å². The summed E-state index contributed by atoms with van der Waals surface area (Å²) in [5.41, 5.74) is 16.1. The second kappa shape index (κ2) is 8.67. The molecule has 0 atom stereocenters. The Hall–Kier alpha value is -1.42. The average Bonchev–Trinajstić information content (AvgIpc) is 2.16. The topological polar surface area (TPSA) is 101 Å². The van der Waals surface area contributed by atoms with Gasteiger partial charge in [-0.25, -0.2) is 0 Å². The Bertz CT molecular complexity index is 191. The third kappa shape index (κ3) is 6.96. The van der Waals surface area contributed by atoms with Crippen molar-refractivity contribution in [2.75, 3.05) is 32.7 Å². The van der Waals surface area contributed by atoms with Crippen molar-refractivity contribution in [2.24, 2.45) is 10.2 Å². The maximum absolute atomic E-state index is 8.04. The van der Waals surface area contributed by atoms with E-state index in [1.165, 1.54) is 0 Å². The van der Waals surface area contributed by atoms with Crippen LogP contribution >= 0.6 is 0 Å². The lowest BCUT2D eigenvalue weighted by molar-refractivity contribution is 0.304. The fourth-order valence-corrected chi connectivity index (χ4v) is 0.890. The van der Waals surface area contributed by atoms with E-state index in [-0.39, 0.29) is 0 Å². The molecule has 0 aliphatic heterocycles. The highest BCUT2D eigenvalue weighted by Crippen LogP contribution is 1.88. The van der Waals surface area contributed by atoms with Crippen molar-refractivity contribution in [3.05, 3.63) is 20.9 Å². The van der Waals surface area contributed by atoms with Gasteiger partial charge in [0.15, 0.2) is 0 Å². The Morgan fingerprint density at radius 3 is 1.85 bits per heavy atom. The molecule has 0 aromatic heterocycles. The lowest BCUT2D eigenvalue weighted by atomic mass is 10.4. The van der Waals surface area contributed by atoms with Crippen LogP contribution in [-0.4, -0.2) is 37.6 Å². The van der Waals surface area contributed by atoms with E-state index in [4.69, 9.17) is 11.1 Å². The van der Waals surface area contributed by atoms with E-state index >= 15 is 0 Å². The van der Waals surface area contributed by atoms with Crippen LogP contribution in [0.5, 0.6) is 0 Å². The zero-order chi connectivity index (χ0) is 9.94. The van der Waals surface area contributed by atoms with Crippen LogP contribution in [0.1, 0.15) is 6.92 Å². The second-order valence-corrected chi connectivity index (χ2v) is 2.34. The first-order valence-electron chi connectivity index (χ1n) is 4.09. The van der Waals surface area contributed by atoms with Gasteiger partial charge in [-0.05, 0) is 17.6 Å². The van der Waals surface area contributed by atoms with Crippen molar-refractivity contribution in [3.8, 4) is 0 Å². The van der Waals surface area contributed by atoms with E-state index in [9.17, 15) is 0 Å². The fourth-order valence-electron chi connectivity index (χ4n) is 0.890. The normalized spacial score (nSPS) is 9.08. The molecule has 0 aliphatic rings. The number of likely N-dealkylation sites (N-methyl/N-ethyl adjacent to an activating group) is 1. The predicted octanol–water partition coefficient (Wildman–Crippen LogP) is 1.93. The molecule has 0 aromatic rings. The zero-order valence-electron chi connectivity index (χ0n) is 7.67. The van der Waals surface area contributed by atoms with Crippen LogP contribution in [0.15, 0.2) is 10.2 Å². The van der Waals surface area contributed by atoms with Crippen molar-refractivity contribution in [1.29, 1.82) is 0 Å². The molecule has 7 heteroatoms. The monoisotopic (exact) mass is 183 g/mol. The summed E-state index contributed by atoms with van der Waals surface area (Å²) in [5.74, 6) is 0. The highest BCUT2D eigenvalue weighted by atomic mass is 15.2. The third-order valence-corrected chi connectivity index (χ3v) is 1.61. The molecule has 7 nitrogen and oxygen atoms in total. The van der Waals surface area contributed by atoms with Crippen LogP contribution in [0.3, 0.4) is 0 Å². The van der Waals surface area contributed by atoms with Gasteiger partial charge in [0.05, 0.1) is 0 Å². The summed E-state index contributed by atoms with van der Waals surface area (Å²) in [6, 6.07) is 0. The molecule has 0 bridgehead atoms. The van der Waals surface area contributed by atoms with Gasteiger partial charge in [0.1, 0.15) is 0 Å². The number of hydrogen-bond donors (Lipinski definition) is 0. The smallest absolute Gasteiger partial charge is 0.0385 e. The molecule has 0 amide bonds. The molecule has 0 unspecified atom stereocenters. The average molecular weight is 183 g/mol. The van der Waals surface area contributed by atoms with Crippen LogP contribution in [0.25, 0.3) is 20.9 Å². The summed E-state index contributed by atoms with van der Waals surface area (Å²) in [7, 11) is 0. The van der Waals surface area contributed by atoms with Gasteiger partial charge in [-0.15, -0.1) is 0 Å². The van der Waals surface area contributed by atoms with E-state index in [2.05, 4.69) is 25.0 Å². The molecule has 0 rings (SSSR count). The van der Waals surface area contributed by atoms with Crippen LogP contribution in [-0.2, 0) is 0 Å². The Morgan fingerprint density at radius 2 is 1.54 bits per heavy atom. The first-order valence-corrected chi connectivity index (χ1v) is 4.09. The summed E-state index contributed by atoms with van der Waals surface area (Å²) in [4.78, 5) is 7.37. The lowest BCUT2D eigenvalue weighted by Crippen LogP contribution is -2.28. The molecule has 0 saturated heterocycles. The Balaban J connectivity index is 3.61. The van der Waals surface area contributed by atoms with Crippen molar-refractivity contribution >= 4 is 0 Å². The molecule has 0 spiro atoms. The standard InChI is InChI=1S/C6H13N7/c1-2-13(5-3-9-11-7)6-4-10-12-8/h2-6H2,1H3. The summed E-state index contributed by atoms with van der Waals surface area (Å²) in [6.07, 6.45) is 0. The van der Waals surface area contributed by atoms with Crippen molar-refractivity contribution in [2.45, 2.75) is 6.92 Å². The SMILES string of the molecule is CCN(CCN=[N+]=[N-])CCN=[N+]=[N-]. The quantitative estimate of drug-likeness (QED) is 0.336. The molecule has 0 heterocycles. The van der Waals surface area contributed by atoms with Gasteiger partial charge in [0, 0.05) is 36.0 Å². The Labute approximate surface area is 76.6 Å². The van der Waals surface area contributed by atoms with Crippen LogP contribution in [0, 0.1) is 0 Å². The number of hydrogen-bond acceptors (Lipinski definition) is 3. The highest BCUT2D eigenvalue weighted by Gasteiger charge is 1.98. The first-order chi connectivity index (χ1) is 6.35. The van der Waals surface area contributed by atoms with Gasteiger partial charge >= 0.3 is 0 Å². The molecule has 72 valence electrons. The largest absolute Gasteiger partial charge is 0.303 e. The first kappa shape index (κ1) is 11.6. The fraction of sp³-hybridized carbons (Fsp3) is 1.00. The molecule has 0 aromatic carbocycles. The van der Waals surface area contributed by atoms with Crippen LogP contribution in [0.4, 0.5) is 0 Å². The van der Waals surface area contributed by atoms with Crippen LogP contribution < -0.4 is 0 Å². The maximum Gasteiger partial charge on any atom is 0.0385 e. The van der Waals surface area contributed by atoms with Gasteiger partial charge in [-0.3, -0.25) is 0 Å². The maximum atomic E-state index is 8.04. The summed E-state index contributed by atoms with van der Waals surface area (Å²) in [5, 5.41) is 6.85. The minimum absolute atomic E-state index is 0.459. The van der Waals surface area contributed by atoms with Gasteiger partial charge in [0.25, 0.3) is 0 Å². The van der Waals surface area contributed by atoms with E-state index in [1.54, 1.807) is 0 Å². The Morgan fingerprint density at radius 1 is 1.08 bits per heavy atom. The minimum atomic E-state index is 0.459. The van der Waals surface area contributed by atoms with E-state index in [0.717, 1.165) is 6.54 Å². The molecule has 0 N–H and O–H groups in total. The molecule has 0 radical (unpaired) electrons. The van der Waals surface area contributed by atoms with Gasteiger partial charge in [-0.2, -0.15) is 0 Å². The summed E-state index contributed by atoms with van der Waals surface area (Å²) < 4.78 is 0. The van der Waals surface area contributed by atoms with Crippen LogP contribution in [0.2, 0.25) is 0 Å². The molecular formula is C6H13N7. The molecule has 13 heavy (non-hydrogen) atoms. The van der Waals surface area contributed by atoms with E-state index in [1.807, 2.05) is 6.92 Å². The van der Waals surface area contributed by atoms with Gasteiger partial charge in [-0.1, -0.05) is 17.2 Å². The lowest BCUT2D eigenvalue weighted by Gasteiger charge is -2.17. The highest BCUT2D eigenvalue weighted by molar-refractivity contribution is 4.60. The minimum Gasteiger partial charge on any atom is -0.303 e. The Kier molecular flexibility index (Phi) is 7.73. The molecule has 0 aliphatic carbocycles. The number of nitrogens with zero attached hydrogens (tertiary/aromatic N) is 7. The van der Waals surface area contributed by atoms with E-state index < -0.39 is 0 Å². The summed E-state index contributed by atoms with van der Waals surface area (Å²) in [6.45, 7) is 5.21. The van der Waals surface area contributed by atoms with Gasteiger partial charge in [0.2, 0.25) is 0 Å². The summed E-state index contributed by atoms with van der Waals surface area (Å²) >= 11 is 0. The van der Waals surface area contributed by atoms with E-state index in [0.29, 0.717) is 26.2 Å². The molecular weight excluding hydrogens is 170 g/mol. The molecule has 0 fully saturated rings. The number of rotatable bonds is 7. The van der Waals surface area contributed by atoms with Crippen molar-refractivity contribution in [3.63, 3.8) is 0 Å². The predicted molar refractivity (Wildman–Crippen MR) is 50.1 cm³/mol. The zero-order valence-corrected chi connectivity index (χ0v) is 7.67. The number of azide groups is 2.